The predicted molar refractivity (Wildman–Crippen MR) is 122 cm³/mol. The molecule has 0 aliphatic carbocycles. The summed E-state index contributed by atoms with van der Waals surface area (Å²) in [5.41, 5.74) is 11.6. The van der Waals surface area contributed by atoms with Crippen molar-refractivity contribution >= 4 is 33.9 Å². The summed E-state index contributed by atoms with van der Waals surface area (Å²) in [5.74, 6) is 0.612. The molecule has 30 heavy (non-hydrogen) atoms. The van der Waals surface area contributed by atoms with Crippen molar-refractivity contribution in [2.75, 3.05) is 12.3 Å². The number of nitrogen functional groups attached to an aromatic ring is 1. The van der Waals surface area contributed by atoms with E-state index in [0.717, 1.165) is 29.6 Å². The maximum atomic E-state index is 12.9. The van der Waals surface area contributed by atoms with Crippen molar-refractivity contribution in [3.8, 4) is 5.69 Å². The zero-order valence-electron chi connectivity index (χ0n) is 17.6. The molecule has 6 nitrogen and oxygen atoms in total. The van der Waals surface area contributed by atoms with Crippen molar-refractivity contribution < 1.29 is 4.79 Å². The number of benzene rings is 2. The van der Waals surface area contributed by atoms with E-state index in [1.165, 1.54) is 5.56 Å². The zero-order valence-corrected chi connectivity index (χ0v) is 17.6. The monoisotopic (exact) mass is 401 g/mol. The molecular weight excluding hydrogens is 374 g/mol. The van der Waals surface area contributed by atoms with Gasteiger partial charge in [-0.1, -0.05) is 45.0 Å². The van der Waals surface area contributed by atoms with Gasteiger partial charge in [-0.05, 0) is 48.6 Å². The van der Waals surface area contributed by atoms with E-state index < -0.39 is 0 Å². The van der Waals surface area contributed by atoms with Crippen LogP contribution >= 0.6 is 0 Å². The molecule has 0 spiro atoms. The Morgan fingerprint density at radius 2 is 1.73 bits per heavy atom. The number of rotatable bonds is 6. The Morgan fingerprint density at radius 3 is 2.37 bits per heavy atom. The van der Waals surface area contributed by atoms with E-state index in [4.69, 9.17) is 15.7 Å². The largest absolute Gasteiger partial charge is 0.384 e. The van der Waals surface area contributed by atoms with Crippen molar-refractivity contribution in [2.24, 2.45) is 0 Å². The third kappa shape index (κ3) is 3.38. The van der Waals surface area contributed by atoms with Crippen LogP contribution in [0.25, 0.3) is 27.9 Å². The van der Waals surface area contributed by atoms with Gasteiger partial charge in [-0.2, -0.15) is 0 Å². The Kier molecular flexibility index (Phi) is 5.40. The van der Waals surface area contributed by atoms with E-state index >= 15 is 0 Å². The molecule has 154 valence electrons. The van der Waals surface area contributed by atoms with Crippen LogP contribution in [0.2, 0.25) is 0 Å². The summed E-state index contributed by atoms with van der Waals surface area (Å²) in [6.45, 7) is 6.98. The van der Waals surface area contributed by atoms with E-state index in [1.54, 1.807) is 0 Å². The number of hydrogen-bond acceptors (Lipinski definition) is 4. The van der Waals surface area contributed by atoms with Crippen molar-refractivity contribution in [3.63, 3.8) is 0 Å². The van der Waals surface area contributed by atoms with Crippen molar-refractivity contribution in [3.05, 3.63) is 59.7 Å². The first-order valence-electron chi connectivity index (χ1n) is 10.5. The van der Waals surface area contributed by atoms with Gasteiger partial charge in [-0.15, -0.1) is 0 Å². The molecule has 1 amide bonds. The minimum atomic E-state index is -0.223. The molecule has 4 aromatic rings. The molecule has 0 fully saturated rings. The van der Waals surface area contributed by atoms with Crippen LogP contribution in [0.4, 0.5) is 5.82 Å². The fraction of sp³-hybridized carbons (Fsp3) is 0.292. The number of hydrogen-bond donors (Lipinski definition) is 2. The third-order valence-electron chi connectivity index (χ3n) is 5.59. The van der Waals surface area contributed by atoms with Crippen molar-refractivity contribution in [1.82, 2.24) is 19.9 Å². The molecule has 0 saturated carbocycles. The quantitative estimate of drug-likeness (QED) is 0.485. The molecule has 2 heterocycles. The molecule has 0 bridgehead atoms. The van der Waals surface area contributed by atoms with Crippen LogP contribution in [0.3, 0.4) is 0 Å². The van der Waals surface area contributed by atoms with Crippen molar-refractivity contribution in [2.45, 2.75) is 39.5 Å². The Morgan fingerprint density at radius 1 is 1.07 bits per heavy atom. The number of nitrogens with two attached hydrogens (primary N) is 1. The lowest BCUT2D eigenvalue weighted by Gasteiger charge is -2.12. The lowest BCUT2D eigenvalue weighted by atomic mass is 9.99. The highest BCUT2D eigenvalue weighted by atomic mass is 16.1. The number of nitrogens with zero attached hydrogens (tertiary/aromatic N) is 3. The fourth-order valence-corrected chi connectivity index (χ4v) is 3.66. The number of carbonyl (C=O) groups is 1. The van der Waals surface area contributed by atoms with Gasteiger partial charge in [0.05, 0.1) is 11.0 Å². The van der Waals surface area contributed by atoms with Crippen LogP contribution in [0, 0.1) is 0 Å². The summed E-state index contributed by atoms with van der Waals surface area (Å²) in [6.07, 6.45) is 1.92. The van der Waals surface area contributed by atoms with E-state index in [9.17, 15) is 4.79 Å². The lowest BCUT2D eigenvalue weighted by molar-refractivity contribution is 0.0956. The van der Waals surface area contributed by atoms with Gasteiger partial charge in [0.1, 0.15) is 16.9 Å². The molecule has 2 aromatic heterocycles. The summed E-state index contributed by atoms with van der Waals surface area (Å²) in [5, 5.41) is 2.93. The van der Waals surface area contributed by atoms with Gasteiger partial charge >= 0.3 is 0 Å². The van der Waals surface area contributed by atoms with E-state index in [0.29, 0.717) is 35.0 Å². The van der Waals surface area contributed by atoms with E-state index in [-0.39, 0.29) is 5.91 Å². The standard InChI is InChI=1S/C24H27N5O/c1-4-14-26-24(30)20-21-23(28-19-9-7-6-8-18(19)27-21)29(22(20)25)17-12-10-16(11-13-17)15(3)5-2/h6-13,15H,4-5,14,25H2,1-3H3,(H,26,30)/t15-/m1/s1. The predicted octanol–water partition coefficient (Wildman–Crippen LogP) is 4.81. The molecule has 1 atom stereocenters. The Balaban J connectivity index is 1.95. The summed E-state index contributed by atoms with van der Waals surface area (Å²) < 4.78 is 1.83. The van der Waals surface area contributed by atoms with Crippen LogP contribution in [0.15, 0.2) is 48.5 Å². The normalized spacial score (nSPS) is 12.4. The molecule has 2 aromatic carbocycles. The maximum Gasteiger partial charge on any atom is 0.257 e. The molecule has 4 rings (SSSR count). The van der Waals surface area contributed by atoms with Gasteiger partial charge in [0.15, 0.2) is 5.65 Å². The minimum absolute atomic E-state index is 0.223. The van der Waals surface area contributed by atoms with Crippen LogP contribution < -0.4 is 11.1 Å². The van der Waals surface area contributed by atoms with Gasteiger partial charge in [-0.3, -0.25) is 9.36 Å². The minimum Gasteiger partial charge on any atom is -0.384 e. The van der Waals surface area contributed by atoms with Gasteiger partial charge in [0, 0.05) is 12.2 Å². The second-order valence-electron chi connectivity index (χ2n) is 7.64. The van der Waals surface area contributed by atoms with Crippen LogP contribution in [-0.2, 0) is 0 Å². The van der Waals surface area contributed by atoms with Crippen molar-refractivity contribution in [1.29, 1.82) is 0 Å². The Labute approximate surface area is 176 Å². The summed E-state index contributed by atoms with van der Waals surface area (Å²) >= 11 is 0. The Hall–Kier alpha value is -3.41. The smallest absolute Gasteiger partial charge is 0.257 e. The second kappa shape index (κ2) is 8.14. The maximum absolute atomic E-state index is 12.9. The molecule has 6 heteroatoms. The summed E-state index contributed by atoms with van der Waals surface area (Å²) in [4.78, 5) is 22.5. The lowest BCUT2D eigenvalue weighted by Crippen LogP contribution is -2.25. The average Bonchev–Trinajstić information content (AvgIpc) is 3.06. The topological polar surface area (TPSA) is 85.8 Å². The van der Waals surface area contributed by atoms with E-state index in [2.05, 4.69) is 31.3 Å². The number of aromatic nitrogens is 3. The number of carbonyl (C=O) groups excluding carboxylic acids is 1. The first kappa shape index (κ1) is 19.9. The first-order valence-corrected chi connectivity index (χ1v) is 10.5. The van der Waals surface area contributed by atoms with Gasteiger partial charge in [-0.25, -0.2) is 9.97 Å². The third-order valence-corrected chi connectivity index (χ3v) is 5.59. The summed E-state index contributed by atoms with van der Waals surface area (Å²) in [7, 11) is 0. The Bertz CT molecular complexity index is 1210. The molecule has 0 aliphatic heterocycles. The average molecular weight is 402 g/mol. The molecule has 0 unspecified atom stereocenters. The first-order chi connectivity index (χ1) is 14.5. The van der Waals surface area contributed by atoms with E-state index in [1.807, 2.05) is 47.9 Å². The van der Waals surface area contributed by atoms with Crippen LogP contribution in [0.5, 0.6) is 0 Å². The second-order valence-corrected chi connectivity index (χ2v) is 7.64. The molecular formula is C24H27N5O. The number of fused-ring (bicyclic) bond motifs is 2. The molecule has 0 saturated heterocycles. The molecule has 0 aliphatic rings. The van der Waals surface area contributed by atoms with Gasteiger partial charge < -0.3 is 11.1 Å². The number of anilines is 1. The summed E-state index contributed by atoms with van der Waals surface area (Å²) in [6, 6.07) is 15.9. The zero-order chi connectivity index (χ0) is 21.3. The highest BCUT2D eigenvalue weighted by Crippen LogP contribution is 2.31. The van der Waals surface area contributed by atoms with Gasteiger partial charge in [0.2, 0.25) is 0 Å². The number of nitrogens with one attached hydrogen (secondary N) is 1. The van der Waals surface area contributed by atoms with Crippen LogP contribution in [-0.4, -0.2) is 27.0 Å². The van der Waals surface area contributed by atoms with Gasteiger partial charge in [0.25, 0.3) is 5.91 Å². The van der Waals surface area contributed by atoms with Crippen LogP contribution in [0.1, 0.15) is 55.5 Å². The molecule has 3 N–H and O–H groups in total. The highest BCUT2D eigenvalue weighted by molar-refractivity contribution is 6.11. The number of para-hydroxylation sites is 2. The SMILES string of the molecule is CCCNC(=O)c1c(N)n(-c2ccc([C@H](C)CC)cc2)c2nc3ccccc3nc12. The number of amides is 1. The fourth-order valence-electron chi connectivity index (χ4n) is 3.66. The molecule has 0 radical (unpaired) electrons. The highest BCUT2D eigenvalue weighted by Gasteiger charge is 2.24.